The van der Waals surface area contributed by atoms with Gasteiger partial charge in [-0.15, -0.1) is 0 Å². The Labute approximate surface area is 66.1 Å². The fraction of sp³-hybridized carbons (Fsp3) is 0.571. The summed E-state index contributed by atoms with van der Waals surface area (Å²) in [5.74, 6) is -0.853. The number of nitrogens with one attached hydrogen (secondary N) is 1. The van der Waals surface area contributed by atoms with Gasteiger partial charge in [0.2, 0.25) is 0 Å². The number of carbonyl (C=O) groups is 1. The summed E-state index contributed by atoms with van der Waals surface area (Å²) in [5, 5.41) is 11.2. The summed E-state index contributed by atoms with van der Waals surface area (Å²) in [7, 11) is 1.61. The molecule has 0 fully saturated rings. The second-order valence-corrected chi connectivity index (χ2v) is 2.38. The molecule has 0 aromatic rings. The summed E-state index contributed by atoms with van der Waals surface area (Å²) in [5.41, 5.74) is 5.80. The summed E-state index contributed by atoms with van der Waals surface area (Å²) in [6.07, 6.45) is 1.03. The van der Waals surface area contributed by atoms with Crippen LogP contribution in [0.5, 0.6) is 0 Å². The molecule has 0 aromatic heterocycles. The number of allylic oxidation sites excluding steroid dienone is 1. The van der Waals surface area contributed by atoms with E-state index in [2.05, 4.69) is 11.9 Å². The molecule has 0 rings (SSSR count). The maximum atomic E-state index is 10.4. The summed E-state index contributed by atoms with van der Waals surface area (Å²) >= 11 is 0. The zero-order valence-corrected chi connectivity index (χ0v) is 6.63. The van der Waals surface area contributed by atoms with Crippen LogP contribution in [0.25, 0.3) is 0 Å². The number of rotatable bonds is 5. The monoisotopic (exact) mass is 158 g/mol. The number of nitrogens with two attached hydrogens (primary N) is 1. The van der Waals surface area contributed by atoms with Gasteiger partial charge >= 0.3 is 5.97 Å². The molecule has 0 spiro atoms. The van der Waals surface area contributed by atoms with Gasteiger partial charge in [0.1, 0.15) is 6.04 Å². The normalized spacial score (nSPS) is 12.5. The molecule has 0 saturated heterocycles. The lowest BCUT2D eigenvalue weighted by atomic mass is 10.1. The minimum Gasteiger partial charge on any atom is -0.480 e. The van der Waals surface area contributed by atoms with Crippen molar-refractivity contribution in [2.75, 3.05) is 7.05 Å². The SMILES string of the molecule is C=C(N)CCC(NC)C(=O)O. The van der Waals surface area contributed by atoms with E-state index in [4.69, 9.17) is 10.8 Å². The lowest BCUT2D eigenvalue weighted by Gasteiger charge is -2.09. The molecule has 0 bridgehead atoms. The van der Waals surface area contributed by atoms with Gasteiger partial charge in [0.15, 0.2) is 0 Å². The highest BCUT2D eigenvalue weighted by molar-refractivity contribution is 5.73. The number of hydrogen-bond acceptors (Lipinski definition) is 3. The van der Waals surface area contributed by atoms with Gasteiger partial charge in [0.05, 0.1) is 0 Å². The van der Waals surface area contributed by atoms with Crippen LogP contribution in [0.4, 0.5) is 0 Å². The third kappa shape index (κ3) is 4.38. The molecule has 4 nitrogen and oxygen atoms in total. The van der Waals surface area contributed by atoms with Crippen LogP contribution in [-0.4, -0.2) is 24.2 Å². The van der Waals surface area contributed by atoms with E-state index in [9.17, 15) is 4.79 Å². The highest BCUT2D eigenvalue weighted by Gasteiger charge is 2.13. The van der Waals surface area contributed by atoms with Crippen LogP contribution in [-0.2, 0) is 4.79 Å². The van der Waals surface area contributed by atoms with Crippen molar-refractivity contribution in [3.8, 4) is 0 Å². The quantitative estimate of drug-likeness (QED) is 0.522. The Balaban J connectivity index is 3.70. The summed E-state index contributed by atoms with van der Waals surface area (Å²) < 4.78 is 0. The Morgan fingerprint density at radius 2 is 2.36 bits per heavy atom. The van der Waals surface area contributed by atoms with Crippen LogP contribution in [0.2, 0.25) is 0 Å². The first-order valence-electron chi connectivity index (χ1n) is 3.41. The van der Waals surface area contributed by atoms with E-state index in [-0.39, 0.29) is 0 Å². The smallest absolute Gasteiger partial charge is 0.320 e. The fourth-order valence-electron chi connectivity index (χ4n) is 0.721. The minimum atomic E-state index is -0.853. The van der Waals surface area contributed by atoms with Crippen LogP contribution in [0.1, 0.15) is 12.8 Å². The summed E-state index contributed by atoms with van der Waals surface area (Å²) in [6.45, 7) is 3.48. The third-order valence-electron chi connectivity index (χ3n) is 1.40. The Hall–Kier alpha value is -1.03. The van der Waals surface area contributed by atoms with Crippen molar-refractivity contribution in [2.45, 2.75) is 18.9 Å². The van der Waals surface area contributed by atoms with Crippen LogP contribution in [0, 0.1) is 0 Å². The Morgan fingerprint density at radius 3 is 2.64 bits per heavy atom. The topological polar surface area (TPSA) is 75.3 Å². The first-order valence-corrected chi connectivity index (χ1v) is 3.41. The van der Waals surface area contributed by atoms with Crippen molar-refractivity contribution in [1.29, 1.82) is 0 Å². The van der Waals surface area contributed by atoms with E-state index in [1.165, 1.54) is 0 Å². The molecule has 0 aliphatic carbocycles. The van der Waals surface area contributed by atoms with Crippen LogP contribution < -0.4 is 11.1 Å². The highest BCUT2D eigenvalue weighted by Crippen LogP contribution is 2.00. The Morgan fingerprint density at radius 1 is 1.82 bits per heavy atom. The maximum Gasteiger partial charge on any atom is 0.320 e. The van der Waals surface area contributed by atoms with E-state index in [1.54, 1.807) is 7.05 Å². The predicted molar refractivity (Wildman–Crippen MR) is 43.0 cm³/mol. The molecule has 4 N–H and O–H groups in total. The third-order valence-corrected chi connectivity index (χ3v) is 1.40. The van der Waals surface area contributed by atoms with Gasteiger partial charge in [-0.05, 0) is 19.9 Å². The molecule has 0 aromatic carbocycles. The van der Waals surface area contributed by atoms with E-state index in [1.807, 2.05) is 0 Å². The molecule has 0 aliphatic heterocycles. The van der Waals surface area contributed by atoms with Crippen LogP contribution in [0.15, 0.2) is 12.3 Å². The zero-order valence-electron chi connectivity index (χ0n) is 6.63. The minimum absolute atomic E-state index is 0.487. The number of aliphatic carboxylic acids is 1. The largest absolute Gasteiger partial charge is 0.480 e. The molecule has 11 heavy (non-hydrogen) atoms. The molecular weight excluding hydrogens is 144 g/mol. The number of likely N-dealkylation sites (N-methyl/N-ethyl adjacent to an activating group) is 1. The summed E-state index contributed by atoms with van der Waals surface area (Å²) in [4.78, 5) is 10.4. The average molecular weight is 158 g/mol. The van der Waals surface area contributed by atoms with Crippen molar-refractivity contribution in [1.82, 2.24) is 5.32 Å². The van der Waals surface area contributed by atoms with Crippen molar-refractivity contribution in [3.05, 3.63) is 12.3 Å². The second-order valence-electron chi connectivity index (χ2n) is 2.38. The number of carboxylic acids is 1. The average Bonchev–Trinajstić information content (AvgIpc) is 1.87. The molecule has 4 heteroatoms. The molecule has 0 heterocycles. The first kappa shape index (κ1) is 9.97. The predicted octanol–water partition coefficient (Wildman–Crippen LogP) is -0.0884. The highest BCUT2D eigenvalue weighted by atomic mass is 16.4. The van der Waals surface area contributed by atoms with Gasteiger partial charge in [-0.3, -0.25) is 4.79 Å². The zero-order chi connectivity index (χ0) is 8.85. The Kier molecular flexibility index (Phi) is 4.29. The van der Waals surface area contributed by atoms with Crippen LogP contribution >= 0.6 is 0 Å². The van der Waals surface area contributed by atoms with Gasteiger partial charge in [0.25, 0.3) is 0 Å². The fourth-order valence-corrected chi connectivity index (χ4v) is 0.721. The first-order chi connectivity index (χ1) is 5.07. The lowest BCUT2D eigenvalue weighted by molar-refractivity contribution is -0.139. The lowest BCUT2D eigenvalue weighted by Crippen LogP contribution is -2.33. The molecule has 0 amide bonds. The van der Waals surface area contributed by atoms with Gasteiger partial charge in [-0.1, -0.05) is 6.58 Å². The maximum absolute atomic E-state index is 10.4. The van der Waals surface area contributed by atoms with Crippen LogP contribution in [0.3, 0.4) is 0 Å². The summed E-state index contributed by atoms with van der Waals surface area (Å²) in [6, 6.07) is -0.518. The van der Waals surface area contributed by atoms with Crippen molar-refractivity contribution in [2.24, 2.45) is 5.73 Å². The van der Waals surface area contributed by atoms with Gasteiger partial charge in [-0.25, -0.2) is 0 Å². The standard InChI is InChI=1S/C7H14N2O2/c1-5(8)3-4-6(9-2)7(10)11/h6,9H,1,3-4,8H2,2H3,(H,10,11). The number of hydrogen-bond donors (Lipinski definition) is 3. The van der Waals surface area contributed by atoms with Crippen molar-refractivity contribution >= 4 is 5.97 Å². The van der Waals surface area contributed by atoms with Crippen molar-refractivity contribution in [3.63, 3.8) is 0 Å². The van der Waals surface area contributed by atoms with E-state index >= 15 is 0 Å². The second kappa shape index (κ2) is 4.73. The van der Waals surface area contributed by atoms with Gasteiger partial charge in [-0.2, -0.15) is 0 Å². The molecule has 0 saturated carbocycles. The molecule has 0 aliphatic rings. The molecule has 64 valence electrons. The van der Waals surface area contributed by atoms with E-state index in [0.29, 0.717) is 18.5 Å². The van der Waals surface area contributed by atoms with E-state index < -0.39 is 12.0 Å². The molecule has 1 unspecified atom stereocenters. The van der Waals surface area contributed by atoms with Gasteiger partial charge in [0, 0.05) is 5.70 Å². The number of carboxylic acid groups (broad SMARTS) is 1. The molecule has 1 atom stereocenters. The van der Waals surface area contributed by atoms with Gasteiger partial charge < -0.3 is 16.2 Å². The van der Waals surface area contributed by atoms with E-state index in [0.717, 1.165) is 0 Å². The molecule has 0 radical (unpaired) electrons. The Bertz CT molecular complexity index is 157. The molecular formula is C7H14N2O2. The van der Waals surface area contributed by atoms with Crippen molar-refractivity contribution < 1.29 is 9.90 Å².